The fourth-order valence-corrected chi connectivity index (χ4v) is 1.12. The van der Waals surface area contributed by atoms with Crippen LogP contribution in [0.15, 0.2) is 0 Å². The number of aliphatic hydroxyl groups is 2. The van der Waals surface area contributed by atoms with E-state index in [9.17, 15) is 14.2 Å². The molecule has 0 amide bonds. The van der Waals surface area contributed by atoms with Crippen molar-refractivity contribution in [3.63, 3.8) is 0 Å². The Morgan fingerprint density at radius 1 is 1.00 bits per heavy atom. The molecule has 0 rings (SSSR count). The van der Waals surface area contributed by atoms with Crippen molar-refractivity contribution in [1.82, 2.24) is 0 Å². The molecule has 0 aliphatic carbocycles. The number of hydrogen-bond donors (Lipinski definition) is 3. The van der Waals surface area contributed by atoms with Crippen molar-refractivity contribution in [2.45, 2.75) is 0 Å². The molecule has 9 heteroatoms. The summed E-state index contributed by atoms with van der Waals surface area (Å²) in [5.41, 5.74) is 0. The molecular formula is C6H11O8P. The number of aliphatic hydroxyl groups excluding tert-OH is 2. The Hall–Kier alpha value is -0.630. The van der Waals surface area contributed by atoms with Crippen LogP contribution < -0.4 is 0 Å². The van der Waals surface area contributed by atoms with Gasteiger partial charge in [-0.25, -0.2) is 4.57 Å². The van der Waals surface area contributed by atoms with Gasteiger partial charge in [-0.05, 0) is 0 Å². The van der Waals surface area contributed by atoms with Crippen LogP contribution in [0.2, 0.25) is 0 Å². The molecule has 0 aromatic heterocycles. The first kappa shape index (κ1) is 14.4. The molecule has 0 aromatic rings. The van der Waals surface area contributed by atoms with Crippen LogP contribution in [0.3, 0.4) is 0 Å². The van der Waals surface area contributed by atoms with Gasteiger partial charge in [0.2, 0.25) is 0 Å². The molecule has 0 saturated carbocycles. The topological polar surface area (TPSA) is 130 Å². The van der Waals surface area contributed by atoms with Gasteiger partial charge in [0.15, 0.2) is 11.6 Å². The molecule has 0 radical (unpaired) electrons. The third-order valence-electron chi connectivity index (χ3n) is 1.13. The number of hydrogen-bond acceptors (Lipinski definition) is 7. The molecule has 0 saturated heterocycles. The van der Waals surface area contributed by atoms with Crippen LogP contribution in [-0.2, 0) is 23.2 Å². The smallest absolute Gasteiger partial charge is 0.388 e. The maximum atomic E-state index is 10.9. The van der Waals surface area contributed by atoms with Crippen LogP contribution >= 0.6 is 7.82 Å². The SMILES string of the molecule is O=C(CO)COP(=O)(O)OCC(=O)CO. The highest BCUT2D eigenvalue weighted by atomic mass is 31.2. The van der Waals surface area contributed by atoms with Crippen LogP contribution in [0.1, 0.15) is 0 Å². The Morgan fingerprint density at radius 3 is 1.60 bits per heavy atom. The summed E-state index contributed by atoms with van der Waals surface area (Å²) in [6.07, 6.45) is 0. The predicted molar refractivity (Wildman–Crippen MR) is 45.9 cm³/mol. The van der Waals surface area contributed by atoms with Gasteiger partial charge in [-0.3, -0.25) is 18.6 Å². The van der Waals surface area contributed by atoms with Gasteiger partial charge in [-0.1, -0.05) is 0 Å². The summed E-state index contributed by atoms with van der Waals surface area (Å²) in [6, 6.07) is 0. The van der Waals surface area contributed by atoms with E-state index in [2.05, 4.69) is 9.05 Å². The lowest BCUT2D eigenvalue weighted by Gasteiger charge is -2.09. The van der Waals surface area contributed by atoms with Crippen molar-refractivity contribution in [1.29, 1.82) is 0 Å². The number of Topliss-reactive ketones (excluding diaryl/α,β-unsaturated/α-hetero) is 2. The molecule has 0 aromatic carbocycles. The van der Waals surface area contributed by atoms with Crippen molar-refractivity contribution in [2.24, 2.45) is 0 Å². The highest BCUT2D eigenvalue weighted by molar-refractivity contribution is 7.47. The summed E-state index contributed by atoms with van der Waals surface area (Å²) in [5, 5.41) is 16.5. The first-order valence-electron chi connectivity index (χ1n) is 3.78. The molecule has 8 nitrogen and oxygen atoms in total. The number of phosphoric ester groups is 1. The highest BCUT2D eigenvalue weighted by Crippen LogP contribution is 2.42. The van der Waals surface area contributed by atoms with Gasteiger partial charge < -0.3 is 15.1 Å². The summed E-state index contributed by atoms with van der Waals surface area (Å²) >= 11 is 0. The second-order valence-corrected chi connectivity index (χ2v) is 3.86. The van der Waals surface area contributed by atoms with E-state index in [1.54, 1.807) is 0 Å². The number of carbonyl (C=O) groups is 2. The van der Waals surface area contributed by atoms with Gasteiger partial charge in [0, 0.05) is 0 Å². The molecule has 0 unspecified atom stereocenters. The number of phosphoric acid groups is 1. The number of carbonyl (C=O) groups excluding carboxylic acids is 2. The van der Waals surface area contributed by atoms with Gasteiger partial charge in [0.25, 0.3) is 0 Å². The summed E-state index contributed by atoms with van der Waals surface area (Å²) < 4.78 is 19.1. The molecule has 0 spiro atoms. The van der Waals surface area contributed by atoms with E-state index < -0.39 is 45.8 Å². The van der Waals surface area contributed by atoms with Crippen molar-refractivity contribution < 1.29 is 38.3 Å². The Morgan fingerprint density at radius 2 is 1.33 bits per heavy atom. The van der Waals surface area contributed by atoms with Gasteiger partial charge >= 0.3 is 7.82 Å². The maximum absolute atomic E-state index is 10.9. The normalized spacial score (nSPS) is 11.4. The van der Waals surface area contributed by atoms with Gasteiger partial charge in [-0.2, -0.15) is 0 Å². The van der Waals surface area contributed by atoms with E-state index in [1.165, 1.54) is 0 Å². The Kier molecular flexibility index (Phi) is 6.50. The van der Waals surface area contributed by atoms with Crippen molar-refractivity contribution in [3.05, 3.63) is 0 Å². The first-order valence-corrected chi connectivity index (χ1v) is 5.28. The van der Waals surface area contributed by atoms with Crippen LogP contribution in [0.5, 0.6) is 0 Å². The molecule has 0 heterocycles. The van der Waals surface area contributed by atoms with E-state index in [-0.39, 0.29) is 0 Å². The van der Waals surface area contributed by atoms with Crippen molar-refractivity contribution in [3.8, 4) is 0 Å². The fraction of sp³-hybridized carbons (Fsp3) is 0.667. The van der Waals surface area contributed by atoms with E-state index in [1.807, 2.05) is 0 Å². The molecule has 3 N–H and O–H groups in total. The van der Waals surface area contributed by atoms with Gasteiger partial charge in [0.05, 0.1) is 0 Å². The molecule has 0 fully saturated rings. The Labute approximate surface area is 85.0 Å². The van der Waals surface area contributed by atoms with Crippen LogP contribution in [0, 0.1) is 0 Å². The summed E-state index contributed by atoms with van der Waals surface area (Å²) in [4.78, 5) is 29.8. The molecular weight excluding hydrogens is 231 g/mol. The predicted octanol–water partition coefficient (Wildman–Crippen LogP) is -1.76. The van der Waals surface area contributed by atoms with Crippen LogP contribution in [0.4, 0.5) is 0 Å². The quantitative estimate of drug-likeness (QED) is 0.427. The third-order valence-corrected chi connectivity index (χ3v) is 2.04. The van der Waals surface area contributed by atoms with Crippen LogP contribution in [-0.4, -0.2) is 53.1 Å². The largest absolute Gasteiger partial charge is 0.473 e. The van der Waals surface area contributed by atoms with E-state index in [4.69, 9.17) is 15.1 Å². The minimum Gasteiger partial charge on any atom is -0.388 e. The maximum Gasteiger partial charge on any atom is 0.473 e. The lowest BCUT2D eigenvalue weighted by Crippen LogP contribution is -2.15. The van der Waals surface area contributed by atoms with Gasteiger partial charge in [0.1, 0.15) is 26.4 Å². The second-order valence-electron chi connectivity index (χ2n) is 2.41. The fourth-order valence-electron chi connectivity index (χ4n) is 0.436. The average molecular weight is 242 g/mol. The average Bonchev–Trinajstić information content (AvgIpc) is 2.22. The minimum absolute atomic E-state index is 0.794. The lowest BCUT2D eigenvalue weighted by molar-refractivity contribution is -0.125. The number of ketones is 2. The highest BCUT2D eigenvalue weighted by Gasteiger charge is 2.23. The lowest BCUT2D eigenvalue weighted by atomic mass is 10.5. The van der Waals surface area contributed by atoms with Crippen molar-refractivity contribution in [2.75, 3.05) is 26.4 Å². The second kappa shape index (κ2) is 6.78. The standard InChI is InChI=1S/C6H11O8P/c7-1-5(9)3-13-15(11,12)14-4-6(10)2-8/h7-8H,1-4H2,(H,11,12). The minimum atomic E-state index is -4.49. The monoisotopic (exact) mass is 242 g/mol. The third kappa shape index (κ3) is 7.32. The summed E-state index contributed by atoms with van der Waals surface area (Å²) in [5.74, 6) is -1.61. The molecule has 0 atom stereocenters. The van der Waals surface area contributed by atoms with Crippen molar-refractivity contribution >= 4 is 19.4 Å². The molecule has 0 bridgehead atoms. The zero-order chi connectivity index (χ0) is 11.9. The first-order chi connectivity index (χ1) is 6.91. The zero-order valence-corrected chi connectivity index (χ0v) is 8.55. The van der Waals surface area contributed by atoms with E-state index in [0.29, 0.717) is 0 Å². The molecule has 0 aliphatic rings. The molecule has 88 valence electrons. The van der Waals surface area contributed by atoms with Gasteiger partial charge in [-0.15, -0.1) is 0 Å². The summed E-state index contributed by atoms with van der Waals surface area (Å²) in [6.45, 7) is -3.24. The van der Waals surface area contributed by atoms with Crippen LogP contribution in [0.25, 0.3) is 0 Å². The molecule has 15 heavy (non-hydrogen) atoms. The Balaban J connectivity index is 3.92. The Bertz CT molecular complexity index is 250. The number of rotatable bonds is 8. The summed E-state index contributed by atoms with van der Waals surface area (Å²) in [7, 11) is -4.49. The molecule has 0 aliphatic heterocycles. The van der Waals surface area contributed by atoms with E-state index >= 15 is 0 Å². The van der Waals surface area contributed by atoms with E-state index in [0.717, 1.165) is 0 Å². The zero-order valence-electron chi connectivity index (χ0n) is 7.66.